The number of nitrogens with one attached hydrogen (secondary N) is 2. The van der Waals surface area contributed by atoms with Gasteiger partial charge in [0.1, 0.15) is 11.4 Å². The summed E-state index contributed by atoms with van der Waals surface area (Å²) in [6, 6.07) is 6.87. The van der Waals surface area contributed by atoms with E-state index in [0.29, 0.717) is 11.4 Å². The Balaban J connectivity index is 1.99. The number of carbonyl (C=O) groups is 1. The van der Waals surface area contributed by atoms with Gasteiger partial charge in [0.25, 0.3) is 0 Å². The second-order valence-electron chi connectivity index (χ2n) is 6.77. The Morgan fingerprint density at radius 1 is 1.23 bits per heavy atom. The molecule has 0 spiro atoms. The Morgan fingerprint density at radius 2 is 1.91 bits per heavy atom. The lowest BCUT2D eigenvalue weighted by Gasteiger charge is -2.28. The number of aliphatic hydroxyl groups is 1. The molecule has 1 aliphatic carbocycles. The number of amides is 2. The highest BCUT2D eigenvalue weighted by Gasteiger charge is 2.24. The van der Waals surface area contributed by atoms with Crippen LogP contribution in [-0.2, 0) is 0 Å². The first kappa shape index (κ1) is 16.6. The predicted octanol–water partition coefficient (Wildman–Crippen LogP) is 3.29. The number of aliphatic hydroxyl groups excluding tert-OH is 1. The molecule has 0 saturated heterocycles. The molecule has 2 unspecified atom stereocenters. The van der Waals surface area contributed by atoms with E-state index in [1.807, 2.05) is 39.0 Å². The molecule has 3 N–H and O–H groups in total. The standard InChI is InChI=1S/C17H26N2O3/c1-17(2,3)22-15-11-7-5-9-13(15)19-16(21)18-12-8-4-6-10-14(12)20/h5,7,9,11-12,14,20H,4,6,8,10H2,1-3H3,(H2,18,19,21). The average molecular weight is 306 g/mol. The fraction of sp³-hybridized carbons (Fsp3) is 0.588. The van der Waals surface area contributed by atoms with Gasteiger partial charge in [0, 0.05) is 0 Å². The highest BCUT2D eigenvalue weighted by Crippen LogP contribution is 2.27. The van der Waals surface area contributed by atoms with Crippen LogP contribution in [0.25, 0.3) is 0 Å². The first-order valence-electron chi connectivity index (χ1n) is 7.89. The van der Waals surface area contributed by atoms with Gasteiger partial charge in [0.05, 0.1) is 17.8 Å². The maximum absolute atomic E-state index is 12.2. The Morgan fingerprint density at radius 3 is 2.59 bits per heavy atom. The lowest BCUT2D eigenvalue weighted by Crippen LogP contribution is -2.46. The molecule has 1 aliphatic rings. The van der Waals surface area contributed by atoms with Crippen LogP contribution >= 0.6 is 0 Å². The number of benzene rings is 1. The van der Waals surface area contributed by atoms with Crippen molar-refractivity contribution in [3.63, 3.8) is 0 Å². The van der Waals surface area contributed by atoms with Gasteiger partial charge in [-0.15, -0.1) is 0 Å². The molecule has 5 nitrogen and oxygen atoms in total. The van der Waals surface area contributed by atoms with Crippen LogP contribution in [0.2, 0.25) is 0 Å². The van der Waals surface area contributed by atoms with Crippen LogP contribution in [0, 0.1) is 0 Å². The second-order valence-corrected chi connectivity index (χ2v) is 6.77. The van der Waals surface area contributed by atoms with Crippen molar-refractivity contribution in [3.8, 4) is 5.75 Å². The van der Waals surface area contributed by atoms with Crippen LogP contribution in [0.5, 0.6) is 5.75 Å². The van der Waals surface area contributed by atoms with Crippen molar-refractivity contribution in [2.75, 3.05) is 5.32 Å². The van der Waals surface area contributed by atoms with Crippen molar-refractivity contribution in [3.05, 3.63) is 24.3 Å². The summed E-state index contributed by atoms with van der Waals surface area (Å²) in [6.45, 7) is 5.88. The molecule has 0 bridgehead atoms. The molecule has 0 aliphatic heterocycles. The van der Waals surface area contributed by atoms with Crippen molar-refractivity contribution in [2.24, 2.45) is 0 Å². The average Bonchev–Trinajstić information content (AvgIpc) is 2.42. The van der Waals surface area contributed by atoms with Crippen molar-refractivity contribution in [1.82, 2.24) is 5.32 Å². The summed E-state index contributed by atoms with van der Waals surface area (Å²) >= 11 is 0. The molecule has 0 heterocycles. The van der Waals surface area contributed by atoms with Crippen LogP contribution in [0.1, 0.15) is 46.5 Å². The summed E-state index contributed by atoms with van der Waals surface area (Å²) < 4.78 is 5.85. The summed E-state index contributed by atoms with van der Waals surface area (Å²) in [5.74, 6) is 0.634. The highest BCUT2D eigenvalue weighted by molar-refractivity contribution is 5.91. The molecule has 2 atom stereocenters. The van der Waals surface area contributed by atoms with Gasteiger partial charge < -0.3 is 20.5 Å². The zero-order chi connectivity index (χ0) is 16.2. The van der Waals surface area contributed by atoms with E-state index in [4.69, 9.17) is 4.74 Å². The normalized spacial score (nSPS) is 22.0. The first-order chi connectivity index (χ1) is 10.3. The molecule has 2 amide bonds. The smallest absolute Gasteiger partial charge is 0.319 e. The van der Waals surface area contributed by atoms with Gasteiger partial charge in [0.2, 0.25) is 0 Å². The number of para-hydroxylation sites is 2. The third kappa shape index (κ3) is 4.91. The maximum Gasteiger partial charge on any atom is 0.319 e. The molecule has 1 fully saturated rings. The molecule has 1 saturated carbocycles. The van der Waals surface area contributed by atoms with Crippen molar-refractivity contribution in [1.29, 1.82) is 0 Å². The SMILES string of the molecule is CC(C)(C)Oc1ccccc1NC(=O)NC1CCCCC1O. The van der Waals surface area contributed by atoms with Crippen molar-refractivity contribution < 1.29 is 14.6 Å². The van der Waals surface area contributed by atoms with E-state index < -0.39 is 6.10 Å². The molecule has 22 heavy (non-hydrogen) atoms. The van der Waals surface area contributed by atoms with Crippen LogP contribution in [-0.4, -0.2) is 28.9 Å². The van der Waals surface area contributed by atoms with E-state index in [2.05, 4.69) is 10.6 Å². The number of ether oxygens (including phenoxy) is 1. The third-order valence-electron chi connectivity index (χ3n) is 3.60. The Bertz CT molecular complexity index is 511. The van der Waals surface area contributed by atoms with Gasteiger partial charge in [-0.1, -0.05) is 25.0 Å². The quantitative estimate of drug-likeness (QED) is 0.802. The molecule has 5 heteroatoms. The number of rotatable bonds is 3. The topological polar surface area (TPSA) is 70.6 Å². The monoisotopic (exact) mass is 306 g/mol. The highest BCUT2D eigenvalue weighted by atomic mass is 16.5. The number of urea groups is 1. The minimum absolute atomic E-state index is 0.176. The van der Waals surface area contributed by atoms with E-state index in [-0.39, 0.29) is 17.7 Å². The molecule has 2 rings (SSSR count). The molecule has 0 radical (unpaired) electrons. The van der Waals surface area contributed by atoms with Crippen molar-refractivity contribution >= 4 is 11.7 Å². The largest absolute Gasteiger partial charge is 0.486 e. The number of anilines is 1. The van der Waals surface area contributed by atoms with E-state index in [9.17, 15) is 9.90 Å². The minimum atomic E-state index is -0.458. The maximum atomic E-state index is 12.2. The summed E-state index contributed by atoms with van der Waals surface area (Å²) in [5, 5.41) is 15.6. The number of carbonyl (C=O) groups excluding carboxylic acids is 1. The third-order valence-corrected chi connectivity index (χ3v) is 3.60. The predicted molar refractivity (Wildman–Crippen MR) is 87.2 cm³/mol. The fourth-order valence-electron chi connectivity index (χ4n) is 2.60. The summed E-state index contributed by atoms with van der Waals surface area (Å²) in [4.78, 5) is 12.2. The summed E-state index contributed by atoms with van der Waals surface area (Å²) in [6.07, 6.45) is 3.15. The lowest BCUT2D eigenvalue weighted by atomic mass is 9.93. The number of hydrogen-bond donors (Lipinski definition) is 3. The van der Waals surface area contributed by atoms with Crippen LogP contribution in [0.4, 0.5) is 10.5 Å². The summed E-state index contributed by atoms with van der Waals surface area (Å²) in [5.41, 5.74) is 0.286. The van der Waals surface area contributed by atoms with E-state index in [0.717, 1.165) is 25.7 Å². The van der Waals surface area contributed by atoms with Gasteiger partial charge in [-0.2, -0.15) is 0 Å². The van der Waals surface area contributed by atoms with E-state index >= 15 is 0 Å². The van der Waals surface area contributed by atoms with Gasteiger partial charge >= 0.3 is 6.03 Å². The fourth-order valence-corrected chi connectivity index (χ4v) is 2.60. The Hall–Kier alpha value is -1.75. The first-order valence-corrected chi connectivity index (χ1v) is 7.89. The minimum Gasteiger partial charge on any atom is -0.486 e. The lowest BCUT2D eigenvalue weighted by molar-refractivity contribution is 0.0955. The Kier molecular flexibility index (Phi) is 5.29. The van der Waals surface area contributed by atoms with Gasteiger partial charge in [-0.3, -0.25) is 0 Å². The van der Waals surface area contributed by atoms with Gasteiger partial charge in [-0.05, 0) is 45.7 Å². The Labute approximate surface area is 132 Å². The van der Waals surface area contributed by atoms with Crippen molar-refractivity contribution in [2.45, 2.75) is 64.2 Å². The van der Waals surface area contributed by atoms with E-state index in [1.54, 1.807) is 6.07 Å². The van der Waals surface area contributed by atoms with Crippen LogP contribution in [0.15, 0.2) is 24.3 Å². The van der Waals surface area contributed by atoms with Gasteiger partial charge in [0.15, 0.2) is 0 Å². The zero-order valence-corrected chi connectivity index (χ0v) is 13.6. The van der Waals surface area contributed by atoms with Gasteiger partial charge in [-0.25, -0.2) is 4.79 Å². The zero-order valence-electron chi connectivity index (χ0n) is 13.6. The molecular weight excluding hydrogens is 280 g/mol. The second kappa shape index (κ2) is 7.01. The summed E-state index contributed by atoms with van der Waals surface area (Å²) in [7, 11) is 0. The number of hydrogen-bond acceptors (Lipinski definition) is 3. The van der Waals surface area contributed by atoms with Crippen LogP contribution in [0.3, 0.4) is 0 Å². The molecular formula is C17H26N2O3. The molecule has 0 aromatic heterocycles. The molecule has 1 aromatic rings. The molecule has 122 valence electrons. The van der Waals surface area contributed by atoms with E-state index in [1.165, 1.54) is 0 Å². The molecule has 1 aromatic carbocycles. The van der Waals surface area contributed by atoms with Crippen LogP contribution < -0.4 is 15.4 Å².